The SMILES string of the molecule is C[SiH](O[SiH](C)O[Si](C)(O[SiH](C)O[Si](C)(C)C)O[Si](C)(C)C)O[Si](C)(C)C. The lowest BCUT2D eigenvalue weighted by molar-refractivity contribution is 0.231. The van der Waals surface area contributed by atoms with E-state index in [4.69, 9.17) is 24.7 Å². The van der Waals surface area contributed by atoms with Crippen LogP contribution in [0.1, 0.15) is 0 Å². The molecule has 26 heavy (non-hydrogen) atoms. The maximum atomic E-state index is 6.41. The summed E-state index contributed by atoms with van der Waals surface area (Å²) in [6, 6.07) is 0. The molecule has 0 heterocycles. The van der Waals surface area contributed by atoms with Gasteiger partial charge in [-0.1, -0.05) is 0 Å². The Morgan fingerprint density at radius 1 is 0.462 bits per heavy atom. The Hall–Kier alpha value is 1.28. The summed E-state index contributed by atoms with van der Waals surface area (Å²) in [5.74, 6) is 0. The molecular weight excluding hydrogens is 449 g/mol. The van der Waals surface area contributed by atoms with Crippen LogP contribution in [0.2, 0.25) is 85.1 Å². The third-order valence-electron chi connectivity index (χ3n) is 2.67. The molecule has 0 aliphatic carbocycles. The van der Waals surface area contributed by atoms with Gasteiger partial charge in [0, 0.05) is 6.55 Å². The van der Waals surface area contributed by atoms with E-state index in [9.17, 15) is 0 Å². The van der Waals surface area contributed by atoms with Crippen LogP contribution in [0.4, 0.5) is 0 Å². The summed E-state index contributed by atoms with van der Waals surface area (Å²) < 4.78 is 37.6. The van der Waals surface area contributed by atoms with Gasteiger partial charge in [0.15, 0.2) is 25.0 Å². The van der Waals surface area contributed by atoms with E-state index in [0.29, 0.717) is 0 Å². The van der Waals surface area contributed by atoms with Crippen LogP contribution < -0.4 is 0 Å². The number of rotatable bonds is 12. The first-order valence-electron chi connectivity index (χ1n) is 9.37. The first-order chi connectivity index (χ1) is 11.3. The molecule has 4 unspecified atom stereocenters. The molecule has 158 valence electrons. The minimum absolute atomic E-state index is 1.59. The molecule has 0 aliphatic heterocycles. The summed E-state index contributed by atoms with van der Waals surface area (Å²) in [6.45, 7) is 27.8. The maximum absolute atomic E-state index is 6.41. The molecule has 0 fully saturated rings. The average Bonchev–Trinajstić information content (AvgIpc) is 2.16. The molecule has 0 saturated heterocycles. The molecule has 4 atom stereocenters. The Labute approximate surface area is 171 Å². The summed E-state index contributed by atoms with van der Waals surface area (Å²) in [6.07, 6.45) is 0. The van der Waals surface area contributed by atoms with Crippen molar-refractivity contribution >= 4 is 61.6 Å². The zero-order valence-electron chi connectivity index (χ0n) is 19.2. The molecule has 0 bridgehead atoms. The van der Waals surface area contributed by atoms with Crippen molar-refractivity contribution in [3.8, 4) is 0 Å². The maximum Gasteiger partial charge on any atom is 0.468 e. The topological polar surface area (TPSA) is 55.4 Å². The molecular formula is C13H42O6Si7. The Morgan fingerprint density at radius 2 is 0.808 bits per heavy atom. The van der Waals surface area contributed by atoms with Gasteiger partial charge < -0.3 is 24.7 Å². The van der Waals surface area contributed by atoms with Gasteiger partial charge in [-0.15, -0.1) is 0 Å². The van der Waals surface area contributed by atoms with Crippen LogP contribution in [0.5, 0.6) is 0 Å². The van der Waals surface area contributed by atoms with Gasteiger partial charge in [0.25, 0.3) is 9.28 Å². The zero-order valence-corrected chi connectivity index (χ0v) is 26.6. The molecule has 13 heteroatoms. The van der Waals surface area contributed by atoms with Crippen LogP contribution in [0.15, 0.2) is 0 Å². The zero-order chi connectivity index (χ0) is 21.0. The molecule has 0 saturated carbocycles. The van der Waals surface area contributed by atoms with E-state index in [1.807, 2.05) is 13.1 Å². The van der Waals surface area contributed by atoms with Crippen LogP contribution >= 0.6 is 0 Å². The predicted octanol–water partition coefficient (Wildman–Crippen LogP) is 3.71. The second kappa shape index (κ2) is 10.4. The van der Waals surface area contributed by atoms with Crippen molar-refractivity contribution in [1.29, 1.82) is 0 Å². The van der Waals surface area contributed by atoms with Gasteiger partial charge in [-0.3, -0.25) is 0 Å². The van der Waals surface area contributed by atoms with Crippen LogP contribution in [-0.4, -0.2) is 61.6 Å². The summed E-state index contributed by atoms with van der Waals surface area (Å²) in [5.41, 5.74) is 0. The summed E-state index contributed by atoms with van der Waals surface area (Å²) >= 11 is 0. The lowest BCUT2D eigenvalue weighted by Gasteiger charge is -2.38. The smallest absolute Gasteiger partial charge is 0.439 e. The fourth-order valence-electron chi connectivity index (χ4n) is 2.58. The van der Waals surface area contributed by atoms with Gasteiger partial charge in [-0.25, -0.2) is 0 Å². The van der Waals surface area contributed by atoms with Gasteiger partial charge in [-0.2, -0.15) is 0 Å². The standard InChI is InChI=1S/C13H42O6Si7/c1-20(15-23(4,5)6)14-21(2)17-26(13,19-25(10,11)12)18-22(3)16-24(7,8)9/h20-22H,1-13H3. The van der Waals surface area contributed by atoms with E-state index in [2.05, 4.69) is 72.0 Å². The van der Waals surface area contributed by atoms with Crippen molar-refractivity contribution < 1.29 is 24.7 Å². The van der Waals surface area contributed by atoms with E-state index in [-0.39, 0.29) is 0 Å². The van der Waals surface area contributed by atoms with Crippen LogP contribution in [0.25, 0.3) is 0 Å². The van der Waals surface area contributed by atoms with Crippen molar-refractivity contribution in [3.63, 3.8) is 0 Å². The highest BCUT2D eigenvalue weighted by Gasteiger charge is 2.44. The highest BCUT2D eigenvalue weighted by molar-refractivity contribution is 6.85. The first-order valence-corrected chi connectivity index (χ1v) is 28.1. The van der Waals surface area contributed by atoms with Gasteiger partial charge in [-0.05, 0) is 78.6 Å². The Balaban J connectivity index is 5.01. The fraction of sp³-hybridized carbons (Fsp3) is 1.00. The highest BCUT2D eigenvalue weighted by atomic mass is 28.5. The predicted molar refractivity (Wildman–Crippen MR) is 127 cm³/mol. The molecule has 0 aromatic heterocycles. The van der Waals surface area contributed by atoms with E-state index >= 15 is 0 Å². The second-order valence-corrected chi connectivity index (χ2v) is 33.1. The first kappa shape index (κ1) is 27.3. The summed E-state index contributed by atoms with van der Waals surface area (Å²) in [4.78, 5) is 0. The lowest BCUT2D eigenvalue weighted by Crippen LogP contribution is -2.56. The minimum Gasteiger partial charge on any atom is -0.439 e. The van der Waals surface area contributed by atoms with E-state index in [1.165, 1.54) is 0 Å². The normalized spacial score (nSPS) is 19.7. The monoisotopic (exact) mass is 490 g/mol. The van der Waals surface area contributed by atoms with Crippen molar-refractivity contribution in [1.82, 2.24) is 0 Å². The molecule has 0 amide bonds. The van der Waals surface area contributed by atoms with Crippen molar-refractivity contribution in [2.75, 3.05) is 0 Å². The Morgan fingerprint density at radius 3 is 1.19 bits per heavy atom. The van der Waals surface area contributed by atoms with Crippen molar-refractivity contribution in [2.45, 2.75) is 85.1 Å². The molecule has 6 nitrogen and oxygen atoms in total. The highest BCUT2D eigenvalue weighted by Crippen LogP contribution is 2.21. The van der Waals surface area contributed by atoms with Crippen LogP contribution in [-0.2, 0) is 24.7 Å². The number of hydrogen-bond acceptors (Lipinski definition) is 6. The fourth-order valence-corrected chi connectivity index (χ4v) is 26.0. The van der Waals surface area contributed by atoms with Gasteiger partial charge in [0.05, 0.1) is 0 Å². The number of hydrogen-bond donors (Lipinski definition) is 0. The minimum atomic E-state index is -2.80. The third kappa shape index (κ3) is 15.2. The molecule has 0 aliphatic rings. The lowest BCUT2D eigenvalue weighted by atomic mass is 11.8. The third-order valence-corrected chi connectivity index (χ3v) is 24.1. The summed E-state index contributed by atoms with van der Waals surface area (Å²) in [7, 11) is -13.3. The van der Waals surface area contributed by atoms with Gasteiger partial charge in [0.2, 0.25) is 0 Å². The van der Waals surface area contributed by atoms with Crippen molar-refractivity contribution in [3.05, 3.63) is 0 Å². The Kier molecular flexibility index (Phi) is 10.9. The molecule has 0 aromatic carbocycles. The Bertz CT molecular complexity index is 423. The van der Waals surface area contributed by atoms with Gasteiger partial charge >= 0.3 is 27.4 Å². The molecule has 0 aromatic rings. The summed E-state index contributed by atoms with van der Waals surface area (Å²) in [5, 5.41) is 0. The largest absolute Gasteiger partial charge is 0.468 e. The second-order valence-electron chi connectivity index (χ2n) is 9.61. The molecule has 0 N–H and O–H groups in total. The van der Waals surface area contributed by atoms with Crippen LogP contribution in [0.3, 0.4) is 0 Å². The van der Waals surface area contributed by atoms with E-state index in [0.717, 1.165) is 0 Å². The molecule has 0 radical (unpaired) electrons. The molecule has 0 rings (SSSR count). The van der Waals surface area contributed by atoms with Crippen LogP contribution in [0, 0.1) is 0 Å². The van der Waals surface area contributed by atoms with Crippen molar-refractivity contribution in [2.24, 2.45) is 0 Å². The molecule has 0 spiro atoms. The quantitative estimate of drug-likeness (QED) is 0.389. The average molecular weight is 491 g/mol. The van der Waals surface area contributed by atoms with E-state index < -0.39 is 61.6 Å². The van der Waals surface area contributed by atoms with E-state index in [1.54, 1.807) is 0 Å². The van der Waals surface area contributed by atoms with Gasteiger partial charge in [0.1, 0.15) is 0 Å².